The van der Waals surface area contributed by atoms with E-state index in [0.717, 1.165) is 49.9 Å². The van der Waals surface area contributed by atoms with Gasteiger partial charge in [0, 0.05) is 27.9 Å². The molecule has 0 radical (unpaired) electrons. The molecule has 5 heteroatoms. The molecule has 0 aliphatic carbocycles. The molecule has 0 amide bonds. The van der Waals surface area contributed by atoms with E-state index in [0.29, 0.717) is 0 Å². The number of benzene rings is 3. The van der Waals surface area contributed by atoms with E-state index < -0.39 is 0 Å². The zero-order valence-electron chi connectivity index (χ0n) is 13.5. The van der Waals surface area contributed by atoms with Gasteiger partial charge < -0.3 is 24.3 Å². The third-order valence-electron chi connectivity index (χ3n) is 4.66. The van der Waals surface area contributed by atoms with Gasteiger partial charge in [0.1, 0.15) is 5.75 Å². The van der Waals surface area contributed by atoms with Crippen LogP contribution in [0.15, 0.2) is 48.7 Å². The summed E-state index contributed by atoms with van der Waals surface area (Å²) in [5, 5.41) is 13.9. The summed E-state index contributed by atoms with van der Waals surface area (Å²) >= 11 is 0. The van der Waals surface area contributed by atoms with E-state index in [1.54, 1.807) is 7.11 Å². The van der Waals surface area contributed by atoms with Crippen LogP contribution in [0, 0.1) is 0 Å². The highest BCUT2D eigenvalue weighted by Gasteiger charge is 2.19. The molecule has 4 aromatic rings. The minimum atomic E-state index is 0.154. The molecule has 2 heterocycles. The van der Waals surface area contributed by atoms with Crippen molar-refractivity contribution < 1.29 is 19.3 Å². The Morgan fingerprint density at radius 2 is 1.92 bits per heavy atom. The van der Waals surface area contributed by atoms with Gasteiger partial charge in [0.2, 0.25) is 6.79 Å². The molecule has 0 bridgehead atoms. The van der Waals surface area contributed by atoms with Gasteiger partial charge in [-0.05, 0) is 35.2 Å². The molecule has 5 nitrogen and oxygen atoms in total. The van der Waals surface area contributed by atoms with Gasteiger partial charge >= 0.3 is 0 Å². The summed E-state index contributed by atoms with van der Waals surface area (Å²) in [6.45, 7) is 0.234. The van der Waals surface area contributed by atoms with Gasteiger partial charge in [-0.15, -0.1) is 0 Å². The van der Waals surface area contributed by atoms with Crippen LogP contribution in [-0.4, -0.2) is 24.0 Å². The van der Waals surface area contributed by atoms with Gasteiger partial charge in [-0.25, -0.2) is 0 Å². The zero-order valence-corrected chi connectivity index (χ0v) is 13.5. The maximum absolute atomic E-state index is 10.2. The van der Waals surface area contributed by atoms with Gasteiger partial charge in [0.15, 0.2) is 17.4 Å². The fraction of sp³-hybridized carbons (Fsp3) is 0.100. The fourth-order valence-corrected chi connectivity index (χ4v) is 3.52. The van der Waals surface area contributed by atoms with E-state index in [1.807, 2.05) is 48.7 Å². The van der Waals surface area contributed by atoms with Crippen molar-refractivity contribution in [2.75, 3.05) is 13.9 Å². The number of hydrogen-bond donors (Lipinski definition) is 2. The molecule has 0 atom stereocenters. The second-order valence-corrected chi connectivity index (χ2v) is 5.98. The number of nitrogens with one attached hydrogen (secondary N) is 1. The molecule has 25 heavy (non-hydrogen) atoms. The van der Waals surface area contributed by atoms with Crippen LogP contribution in [0.3, 0.4) is 0 Å². The van der Waals surface area contributed by atoms with Crippen LogP contribution in [0.2, 0.25) is 0 Å². The van der Waals surface area contributed by atoms with E-state index in [4.69, 9.17) is 14.2 Å². The highest BCUT2D eigenvalue weighted by atomic mass is 16.7. The van der Waals surface area contributed by atoms with Crippen LogP contribution in [-0.2, 0) is 0 Å². The number of H-pyrrole nitrogens is 1. The lowest BCUT2D eigenvalue weighted by Crippen LogP contribution is -1.92. The Labute approximate surface area is 143 Å². The van der Waals surface area contributed by atoms with Gasteiger partial charge in [0.05, 0.1) is 7.11 Å². The highest BCUT2D eigenvalue weighted by Crippen LogP contribution is 2.45. The molecule has 0 saturated carbocycles. The normalized spacial score (nSPS) is 12.8. The van der Waals surface area contributed by atoms with Crippen LogP contribution in [0.5, 0.6) is 23.1 Å². The van der Waals surface area contributed by atoms with E-state index >= 15 is 0 Å². The molecule has 0 fully saturated rings. The maximum Gasteiger partial charge on any atom is 0.231 e. The summed E-state index contributed by atoms with van der Waals surface area (Å²) in [7, 11) is 1.66. The Hall–Kier alpha value is -3.34. The lowest BCUT2D eigenvalue weighted by atomic mass is 9.93. The predicted molar refractivity (Wildman–Crippen MR) is 95.6 cm³/mol. The number of hydrogen-bond acceptors (Lipinski definition) is 4. The summed E-state index contributed by atoms with van der Waals surface area (Å²) in [5.74, 6) is 2.40. The van der Waals surface area contributed by atoms with Crippen molar-refractivity contribution in [2.45, 2.75) is 0 Å². The monoisotopic (exact) mass is 333 g/mol. The Morgan fingerprint density at radius 1 is 1.04 bits per heavy atom. The first-order valence-electron chi connectivity index (χ1n) is 7.96. The van der Waals surface area contributed by atoms with Crippen LogP contribution < -0.4 is 14.2 Å². The highest BCUT2D eigenvalue weighted by molar-refractivity contribution is 6.16. The molecule has 1 aliphatic rings. The number of aromatic nitrogens is 1. The summed E-state index contributed by atoms with van der Waals surface area (Å²) in [4.78, 5) is 2.91. The van der Waals surface area contributed by atoms with E-state index in [2.05, 4.69) is 4.98 Å². The molecule has 2 N–H and O–H groups in total. The largest absolute Gasteiger partial charge is 0.496 e. The lowest BCUT2D eigenvalue weighted by Gasteiger charge is -2.13. The molecule has 5 rings (SSSR count). The fourth-order valence-electron chi connectivity index (χ4n) is 3.52. The van der Waals surface area contributed by atoms with Gasteiger partial charge in [-0.3, -0.25) is 0 Å². The summed E-state index contributed by atoms with van der Waals surface area (Å²) < 4.78 is 16.6. The Kier molecular flexibility index (Phi) is 2.85. The zero-order chi connectivity index (χ0) is 17.0. The average molecular weight is 333 g/mol. The topological polar surface area (TPSA) is 63.7 Å². The second-order valence-electron chi connectivity index (χ2n) is 5.98. The quantitative estimate of drug-likeness (QED) is 0.569. The molecule has 124 valence electrons. The van der Waals surface area contributed by atoms with Crippen molar-refractivity contribution in [3.63, 3.8) is 0 Å². The molecular weight excluding hydrogens is 318 g/mol. The van der Waals surface area contributed by atoms with Crippen molar-refractivity contribution in [1.82, 2.24) is 4.98 Å². The van der Waals surface area contributed by atoms with Crippen molar-refractivity contribution in [3.8, 4) is 34.3 Å². The van der Waals surface area contributed by atoms with Crippen molar-refractivity contribution in [1.29, 1.82) is 0 Å². The molecule has 1 aliphatic heterocycles. The minimum absolute atomic E-state index is 0.154. The number of ether oxygens (including phenoxy) is 3. The minimum Gasteiger partial charge on any atom is -0.496 e. The molecule has 1 aromatic heterocycles. The standard InChI is InChI=1S/C20H15NO4/c1-23-16-4-2-3-11-7-13-14(9-21-20(13)22)18(19(11)16)12-5-6-15-17(8-12)25-10-24-15/h2-9,21-22H,10H2,1H3. The Bertz CT molecular complexity index is 1130. The molecular formula is C20H15NO4. The molecule has 0 spiro atoms. The average Bonchev–Trinajstić information content (AvgIpc) is 3.25. The SMILES string of the molecule is COc1cccc2cc3c(O)[nH]cc3c(-c3ccc4c(c3)OCO4)c12. The molecule has 0 unspecified atom stereocenters. The van der Waals surface area contributed by atoms with Crippen LogP contribution in [0.4, 0.5) is 0 Å². The third kappa shape index (κ3) is 1.96. The Morgan fingerprint density at radius 3 is 2.80 bits per heavy atom. The van der Waals surface area contributed by atoms with Crippen molar-refractivity contribution >= 4 is 21.5 Å². The first kappa shape index (κ1) is 14.0. The number of aromatic hydroxyl groups is 1. The predicted octanol–water partition coefficient (Wildman–Crippen LogP) is 4.43. The van der Waals surface area contributed by atoms with Crippen LogP contribution in [0.1, 0.15) is 0 Å². The number of rotatable bonds is 2. The van der Waals surface area contributed by atoms with Crippen LogP contribution >= 0.6 is 0 Å². The molecule has 3 aromatic carbocycles. The first-order valence-corrected chi connectivity index (χ1v) is 7.96. The number of aromatic amines is 1. The van der Waals surface area contributed by atoms with Crippen LogP contribution in [0.25, 0.3) is 32.7 Å². The van der Waals surface area contributed by atoms with E-state index in [-0.39, 0.29) is 12.7 Å². The van der Waals surface area contributed by atoms with Gasteiger partial charge in [-0.1, -0.05) is 18.2 Å². The third-order valence-corrected chi connectivity index (χ3v) is 4.66. The summed E-state index contributed by atoms with van der Waals surface area (Å²) in [6, 6.07) is 13.7. The maximum atomic E-state index is 10.2. The summed E-state index contributed by atoms with van der Waals surface area (Å²) in [5.41, 5.74) is 1.96. The molecule has 0 saturated heterocycles. The lowest BCUT2D eigenvalue weighted by molar-refractivity contribution is 0.174. The number of methoxy groups -OCH3 is 1. The van der Waals surface area contributed by atoms with E-state index in [9.17, 15) is 5.11 Å². The van der Waals surface area contributed by atoms with Gasteiger partial charge in [-0.2, -0.15) is 0 Å². The first-order chi connectivity index (χ1) is 12.3. The second kappa shape index (κ2) is 5.08. The Balaban J connectivity index is 1.94. The number of fused-ring (bicyclic) bond motifs is 3. The smallest absolute Gasteiger partial charge is 0.231 e. The van der Waals surface area contributed by atoms with E-state index in [1.165, 1.54) is 0 Å². The summed E-state index contributed by atoms with van der Waals surface area (Å²) in [6.07, 6.45) is 1.82. The van der Waals surface area contributed by atoms with Crippen molar-refractivity contribution in [3.05, 3.63) is 48.7 Å². The van der Waals surface area contributed by atoms with Crippen molar-refractivity contribution in [2.24, 2.45) is 0 Å². The van der Waals surface area contributed by atoms with Gasteiger partial charge in [0.25, 0.3) is 0 Å².